The van der Waals surface area contributed by atoms with Crippen LogP contribution >= 0.6 is 0 Å². The van der Waals surface area contributed by atoms with Gasteiger partial charge in [0.2, 0.25) is 0 Å². The molecule has 1 aliphatic heterocycles. The fourth-order valence-electron chi connectivity index (χ4n) is 2.46. The number of aryl methyl sites for hydroxylation is 1. The van der Waals surface area contributed by atoms with Crippen molar-refractivity contribution in [3.63, 3.8) is 0 Å². The second-order valence-corrected chi connectivity index (χ2v) is 5.43. The fourth-order valence-corrected chi connectivity index (χ4v) is 2.46. The van der Waals surface area contributed by atoms with Crippen LogP contribution in [0.5, 0.6) is 0 Å². The predicted molar refractivity (Wildman–Crippen MR) is 78.1 cm³/mol. The molecule has 1 saturated heterocycles. The van der Waals surface area contributed by atoms with Crippen molar-refractivity contribution in [3.8, 4) is 0 Å². The SMILES string of the molecule is CCCc1ccc(C2OCC(CCC=C(F)F)CO2)cc1. The lowest BCUT2D eigenvalue weighted by Gasteiger charge is -2.29. The predicted octanol–water partition coefficient (Wildman–Crippen LogP) is 4.86. The van der Waals surface area contributed by atoms with Crippen LogP contribution in [0.4, 0.5) is 8.78 Å². The van der Waals surface area contributed by atoms with Gasteiger partial charge in [-0.3, -0.25) is 0 Å². The van der Waals surface area contributed by atoms with Crippen LogP contribution in [0.1, 0.15) is 43.6 Å². The molecule has 0 aromatic heterocycles. The molecule has 0 saturated carbocycles. The Morgan fingerprint density at radius 2 is 1.86 bits per heavy atom. The van der Waals surface area contributed by atoms with Crippen molar-refractivity contribution in [2.75, 3.05) is 13.2 Å². The van der Waals surface area contributed by atoms with Crippen LogP contribution in [0.3, 0.4) is 0 Å². The molecule has 2 nitrogen and oxygen atoms in total. The zero-order valence-electron chi connectivity index (χ0n) is 12.4. The summed E-state index contributed by atoms with van der Waals surface area (Å²) < 4.78 is 35.3. The van der Waals surface area contributed by atoms with Gasteiger partial charge >= 0.3 is 0 Å². The summed E-state index contributed by atoms with van der Waals surface area (Å²) in [5, 5.41) is 0. The van der Waals surface area contributed by atoms with E-state index in [1.54, 1.807) is 0 Å². The molecule has 1 heterocycles. The van der Waals surface area contributed by atoms with Crippen LogP contribution in [-0.4, -0.2) is 13.2 Å². The summed E-state index contributed by atoms with van der Waals surface area (Å²) >= 11 is 0. The van der Waals surface area contributed by atoms with Crippen molar-refractivity contribution in [1.82, 2.24) is 0 Å². The molecule has 0 N–H and O–H groups in total. The van der Waals surface area contributed by atoms with Gasteiger partial charge in [0.05, 0.1) is 13.2 Å². The molecule has 1 aromatic rings. The third-order valence-corrected chi connectivity index (χ3v) is 3.63. The Morgan fingerprint density at radius 3 is 2.43 bits per heavy atom. The fraction of sp³-hybridized carbons (Fsp3) is 0.529. The van der Waals surface area contributed by atoms with E-state index in [1.807, 2.05) is 12.1 Å². The highest BCUT2D eigenvalue weighted by atomic mass is 19.3. The monoisotopic (exact) mass is 296 g/mol. The van der Waals surface area contributed by atoms with E-state index in [-0.39, 0.29) is 12.2 Å². The summed E-state index contributed by atoms with van der Waals surface area (Å²) in [5.74, 6) is 0.191. The standard InChI is InChI=1S/C17H22F2O2/c1-2-4-13-7-9-15(10-8-13)17-20-11-14(12-21-17)5-3-6-16(18)19/h6-10,14,17H,2-5,11-12H2,1H3. The molecule has 2 rings (SSSR count). The van der Waals surface area contributed by atoms with Crippen LogP contribution in [0, 0.1) is 5.92 Å². The molecule has 1 aromatic carbocycles. The zero-order chi connectivity index (χ0) is 15.1. The van der Waals surface area contributed by atoms with Gasteiger partial charge in [0, 0.05) is 11.5 Å². The third kappa shape index (κ3) is 5.21. The van der Waals surface area contributed by atoms with Gasteiger partial charge in [0.15, 0.2) is 6.29 Å². The van der Waals surface area contributed by atoms with Gasteiger partial charge in [-0.05, 0) is 30.9 Å². The van der Waals surface area contributed by atoms with Crippen LogP contribution in [0.15, 0.2) is 36.4 Å². The molecular weight excluding hydrogens is 274 g/mol. The minimum Gasteiger partial charge on any atom is -0.348 e. The van der Waals surface area contributed by atoms with Crippen LogP contribution < -0.4 is 0 Å². The molecule has 0 radical (unpaired) electrons. The van der Waals surface area contributed by atoms with E-state index in [1.165, 1.54) is 5.56 Å². The van der Waals surface area contributed by atoms with Crippen LogP contribution in [0.2, 0.25) is 0 Å². The molecule has 0 atom stereocenters. The summed E-state index contributed by atoms with van der Waals surface area (Å²) in [6.45, 7) is 3.28. The number of halogens is 2. The van der Waals surface area contributed by atoms with Gasteiger partial charge in [0.25, 0.3) is 6.08 Å². The first kappa shape index (κ1) is 16.1. The van der Waals surface area contributed by atoms with Crippen molar-refractivity contribution in [2.24, 2.45) is 5.92 Å². The van der Waals surface area contributed by atoms with E-state index >= 15 is 0 Å². The topological polar surface area (TPSA) is 18.5 Å². The summed E-state index contributed by atoms with van der Waals surface area (Å²) in [6.07, 6.45) is 2.26. The average molecular weight is 296 g/mol. The molecule has 1 fully saturated rings. The number of allylic oxidation sites excluding steroid dienone is 1. The summed E-state index contributed by atoms with van der Waals surface area (Å²) in [4.78, 5) is 0. The third-order valence-electron chi connectivity index (χ3n) is 3.63. The largest absolute Gasteiger partial charge is 0.348 e. The van der Waals surface area contributed by atoms with E-state index in [9.17, 15) is 8.78 Å². The first-order chi connectivity index (χ1) is 10.2. The molecule has 0 aliphatic carbocycles. The zero-order valence-corrected chi connectivity index (χ0v) is 12.4. The van der Waals surface area contributed by atoms with Crippen molar-refractivity contribution >= 4 is 0 Å². The average Bonchev–Trinajstić information content (AvgIpc) is 2.49. The molecule has 0 unspecified atom stereocenters. The second kappa shape index (κ2) is 8.25. The minimum atomic E-state index is -1.61. The van der Waals surface area contributed by atoms with Gasteiger partial charge < -0.3 is 9.47 Å². The van der Waals surface area contributed by atoms with Gasteiger partial charge in [0.1, 0.15) is 0 Å². The quantitative estimate of drug-likeness (QED) is 0.746. The number of rotatable bonds is 6. The lowest BCUT2D eigenvalue weighted by molar-refractivity contribution is -0.205. The summed E-state index contributed by atoms with van der Waals surface area (Å²) in [6, 6.07) is 8.29. The Balaban J connectivity index is 1.79. The van der Waals surface area contributed by atoms with Gasteiger partial charge in [-0.15, -0.1) is 0 Å². The highest BCUT2D eigenvalue weighted by molar-refractivity contribution is 5.23. The molecular formula is C17H22F2O2. The molecule has 1 aliphatic rings. The van der Waals surface area contributed by atoms with Crippen molar-refractivity contribution in [2.45, 2.75) is 38.9 Å². The van der Waals surface area contributed by atoms with E-state index in [2.05, 4.69) is 19.1 Å². The molecule has 116 valence electrons. The Bertz CT molecular complexity index is 444. The van der Waals surface area contributed by atoms with E-state index in [0.29, 0.717) is 26.1 Å². The Kier molecular flexibility index (Phi) is 6.33. The van der Waals surface area contributed by atoms with E-state index < -0.39 is 6.08 Å². The van der Waals surface area contributed by atoms with Crippen molar-refractivity contribution in [1.29, 1.82) is 0 Å². The maximum Gasteiger partial charge on any atom is 0.266 e. The number of benzene rings is 1. The maximum absolute atomic E-state index is 12.0. The molecule has 21 heavy (non-hydrogen) atoms. The lowest BCUT2D eigenvalue weighted by Crippen LogP contribution is -2.27. The van der Waals surface area contributed by atoms with Crippen LogP contribution in [0.25, 0.3) is 0 Å². The first-order valence-corrected chi connectivity index (χ1v) is 7.52. The molecule has 0 spiro atoms. The Labute approximate surface area is 124 Å². The van der Waals surface area contributed by atoms with E-state index in [0.717, 1.165) is 24.5 Å². The number of hydrogen-bond acceptors (Lipinski definition) is 2. The molecule has 4 heteroatoms. The number of ether oxygens (including phenoxy) is 2. The molecule has 0 bridgehead atoms. The van der Waals surface area contributed by atoms with Gasteiger partial charge in [-0.1, -0.05) is 37.6 Å². The van der Waals surface area contributed by atoms with Crippen molar-refractivity contribution < 1.29 is 18.3 Å². The van der Waals surface area contributed by atoms with Gasteiger partial charge in [-0.2, -0.15) is 8.78 Å². The van der Waals surface area contributed by atoms with Crippen molar-refractivity contribution in [3.05, 3.63) is 47.5 Å². The van der Waals surface area contributed by atoms with Gasteiger partial charge in [-0.25, -0.2) is 0 Å². The normalized spacial score (nSPS) is 22.0. The summed E-state index contributed by atoms with van der Waals surface area (Å²) in [5.41, 5.74) is 2.33. The minimum absolute atomic E-state index is 0.191. The highest BCUT2D eigenvalue weighted by Gasteiger charge is 2.23. The number of hydrogen-bond donors (Lipinski definition) is 0. The Morgan fingerprint density at radius 1 is 1.19 bits per heavy atom. The second-order valence-electron chi connectivity index (χ2n) is 5.43. The molecule has 0 amide bonds. The maximum atomic E-state index is 12.0. The Hall–Kier alpha value is -1.26. The summed E-state index contributed by atoms with van der Waals surface area (Å²) in [7, 11) is 0. The lowest BCUT2D eigenvalue weighted by atomic mass is 10.0. The highest BCUT2D eigenvalue weighted by Crippen LogP contribution is 2.27. The van der Waals surface area contributed by atoms with E-state index in [4.69, 9.17) is 9.47 Å². The first-order valence-electron chi connectivity index (χ1n) is 7.52. The van der Waals surface area contributed by atoms with Crippen LogP contribution in [-0.2, 0) is 15.9 Å². The smallest absolute Gasteiger partial charge is 0.266 e.